The first-order valence-corrected chi connectivity index (χ1v) is 14.2. The van der Waals surface area contributed by atoms with Gasteiger partial charge in [0.15, 0.2) is 0 Å². The Morgan fingerprint density at radius 3 is 1.21 bits per heavy atom. The van der Waals surface area contributed by atoms with Crippen LogP contribution in [-0.2, 0) is 20.4 Å². The van der Waals surface area contributed by atoms with Crippen LogP contribution in [0.15, 0.2) is 119 Å². The van der Waals surface area contributed by atoms with E-state index >= 15 is 26.3 Å². The van der Waals surface area contributed by atoms with Crippen LogP contribution in [0.1, 0.15) is 33.4 Å². The van der Waals surface area contributed by atoms with Crippen molar-refractivity contribution in [2.24, 2.45) is 9.98 Å². The molecule has 0 aromatic heterocycles. The van der Waals surface area contributed by atoms with Gasteiger partial charge in [-0.05, 0) is 53.6 Å². The van der Waals surface area contributed by atoms with Crippen molar-refractivity contribution in [2.45, 2.75) is 23.2 Å². The topological polar surface area (TPSA) is 77.3 Å². The zero-order valence-corrected chi connectivity index (χ0v) is 24.2. The highest BCUT2D eigenvalue weighted by Gasteiger charge is 2.66. The minimum Gasteiger partial charge on any atom is -0.457 e. The Hall–Kier alpha value is -5.96. The van der Waals surface area contributed by atoms with Crippen molar-refractivity contribution < 1.29 is 45.4 Å². The van der Waals surface area contributed by atoms with E-state index in [1.165, 1.54) is 97.1 Å². The summed E-state index contributed by atoms with van der Waals surface area (Å²) in [7, 11) is 0. The smallest absolute Gasteiger partial charge is 0.406 e. The maximum atomic E-state index is 16.0. The summed E-state index contributed by atoms with van der Waals surface area (Å²) >= 11 is 0. The van der Waals surface area contributed by atoms with Crippen molar-refractivity contribution in [1.29, 1.82) is 0 Å². The van der Waals surface area contributed by atoms with Crippen molar-refractivity contribution >= 4 is 23.5 Å². The normalized spacial score (nSPS) is 19.1. The molecule has 5 aromatic rings. The summed E-state index contributed by atoms with van der Waals surface area (Å²) in [5.41, 5.74) is -9.53. The van der Waals surface area contributed by atoms with Crippen LogP contribution in [0.4, 0.5) is 37.7 Å². The molecule has 0 bridgehead atoms. The molecule has 6 nitrogen and oxygen atoms in total. The molecule has 0 saturated carbocycles. The second kappa shape index (κ2) is 10.8. The molecule has 48 heavy (non-hydrogen) atoms. The highest BCUT2D eigenvalue weighted by Crippen LogP contribution is 2.65. The van der Waals surface area contributed by atoms with E-state index in [4.69, 9.17) is 9.47 Å². The number of hydrogen-bond donors (Lipinski definition) is 0. The Bertz CT molecular complexity index is 2040. The lowest BCUT2D eigenvalue weighted by atomic mass is 9.63. The zero-order valence-electron chi connectivity index (χ0n) is 24.2. The molecule has 0 amide bonds. The Kier molecular flexibility index (Phi) is 6.91. The molecule has 0 spiro atoms. The zero-order chi connectivity index (χ0) is 33.9. The van der Waals surface area contributed by atoms with Crippen LogP contribution < -0.4 is 9.47 Å². The number of benzene rings is 5. The van der Waals surface area contributed by atoms with Gasteiger partial charge < -0.3 is 9.47 Å². The van der Waals surface area contributed by atoms with E-state index in [9.17, 15) is 9.59 Å². The second-order valence-electron chi connectivity index (χ2n) is 11.0. The van der Waals surface area contributed by atoms with Crippen molar-refractivity contribution in [3.63, 3.8) is 0 Å². The largest absolute Gasteiger partial charge is 0.457 e. The van der Waals surface area contributed by atoms with Crippen LogP contribution in [0.25, 0.3) is 0 Å². The van der Waals surface area contributed by atoms with E-state index in [2.05, 4.69) is 9.98 Å². The predicted molar refractivity (Wildman–Crippen MR) is 160 cm³/mol. The molecular formula is C36H18F6N2O4. The van der Waals surface area contributed by atoms with E-state index in [0.29, 0.717) is 0 Å². The van der Waals surface area contributed by atoms with Gasteiger partial charge in [0, 0.05) is 28.3 Å². The molecule has 7 rings (SSSR count). The molecule has 0 radical (unpaired) electrons. The third kappa shape index (κ3) is 4.24. The minimum absolute atomic E-state index is 0.173. The van der Waals surface area contributed by atoms with E-state index in [0.717, 1.165) is 24.3 Å². The van der Waals surface area contributed by atoms with Crippen LogP contribution in [0.3, 0.4) is 0 Å². The molecule has 2 aliphatic rings. The summed E-state index contributed by atoms with van der Waals surface area (Å²) in [5, 5.41) is 0. The fourth-order valence-electron chi connectivity index (χ4n) is 6.82. The Morgan fingerprint density at radius 2 is 0.854 bits per heavy atom. The second-order valence-corrected chi connectivity index (χ2v) is 11.0. The number of aliphatic imine (C=N–C) groups is 2. The SMILES string of the molecule is O=C=Nc1ccc2c(c1)C(c1ccccc1)(C(F)(F)F)c1cc3c(cc1O2)Oc1ccc(N=C=O)cc1C3(c1ccccc1)C(F)(F)F. The van der Waals surface area contributed by atoms with E-state index in [-0.39, 0.29) is 34.0 Å². The van der Waals surface area contributed by atoms with Crippen LogP contribution in [0.2, 0.25) is 0 Å². The predicted octanol–water partition coefficient (Wildman–Crippen LogP) is 9.63. The molecule has 0 fully saturated rings. The lowest BCUT2D eigenvalue weighted by molar-refractivity contribution is -0.169. The Morgan fingerprint density at radius 1 is 0.479 bits per heavy atom. The fourth-order valence-corrected chi connectivity index (χ4v) is 6.82. The number of nitrogens with zero attached hydrogens (tertiary/aromatic N) is 2. The van der Waals surface area contributed by atoms with Crippen molar-refractivity contribution in [3.05, 3.63) is 143 Å². The van der Waals surface area contributed by atoms with Crippen LogP contribution >= 0.6 is 0 Å². The Labute approximate surface area is 267 Å². The molecule has 5 aromatic carbocycles. The molecule has 2 heterocycles. The third-order valence-corrected chi connectivity index (χ3v) is 8.68. The number of carbonyl (C=O) groups excluding carboxylic acids is 2. The van der Waals surface area contributed by atoms with Gasteiger partial charge in [-0.3, -0.25) is 0 Å². The number of alkyl halides is 6. The molecular weight excluding hydrogens is 638 g/mol. The molecule has 12 heteroatoms. The van der Waals surface area contributed by atoms with Crippen LogP contribution in [-0.4, -0.2) is 24.5 Å². The first kappa shape index (κ1) is 30.7. The number of hydrogen-bond acceptors (Lipinski definition) is 6. The van der Waals surface area contributed by atoms with Gasteiger partial charge in [-0.2, -0.15) is 36.3 Å². The van der Waals surface area contributed by atoms with Gasteiger partial charge in [-0.25, -0.2) is 9.59 Å². The Balaban J connectivity index is 1.66. The molecule has 2 unspecified atom stereocenters. The average Bonchev–Trinajstić information content (AvgIpc) is 3.05. The van der Waals surface area contributed by atoms with Gasteiger partial charge in [0.2, 0.25) is 12.2 Å². The van der Waals surface area contributed by atoms with Crippen molar-refractivity contribution in [3.8, 4) is 23.0 Å². The monoisotopic (exact) mass is 656 g/mol. The highest BCUT2D eigenvalue weighted by atomic mass is 19.4. The van der Waals surface area contributed by atoms with E-state index < -0.39 is 56.9 Å². The van der Waals surface area contributed by atoms with E-state index in [1.807, 2.05) is 0 Å². The molecule has 0 saturated heterocycles. The average molecular weight is 657 g/mol. The highest BCUT2D eigenvalue weighted by molar-refractivity contribution is 5.74. The van der Waals surface area contributed by atoms with Crippen molar-refractivity contribution in [1.82, 2.24) is 0 Å². The lowest BCUT2D eigenvalue weighted by Gasteiger charge is -2.45. The molecule has 2 aliphatic heterocycles. The maximum absolute atomic E-state index is 16.0. The summed E-state index contributed by atoms with van der Waals surface area (Å²) in [6.45, 7) is 0. The maximum Gasteiger partial charge on any atom is 0.406 e. The summed E-state index contributed by atoms with van der Waals surface area (Å²) in [6, 6.07) is 22.1. The minimum atomic E-state index is -5.19. The first-order valence-electron chi connectivity index (χ1n) is 14.2. The standard InChI is InChI=1S/C36H18F6N2O4/c37-35(38,39)33(21-7-3-1-4-8-21)25-15-23(43-19-45)11-13-29(25)47-31-18-32-28(17-27(31)33)34(36(40,41)42,22-9-5-2-6-10-22)26-16-24(44-20-46)12-14-30(26)48-32/h1-18H. The summed E-state index contributed by atoms with van der Waals surface area (Å²) in [5.74, 6) is -1.31. The van der Waals surface area contributed by atoms with Gasteiger partial charge in [-0.15, -0.1) is 0 Å². The third-order valence-electron chi connectivity index (χ3n) is 8.68. The van der Waals surface area contributed by atoms with Crippen LogP contribution in [0, 0.1) is 0 Å². The molecule has 238 valence electrons. The van der Waals surface area contributed by atoms with E-state index in [1.54, 1.807) is 0 Å². The van der Waals surface area contributed by atoms with Gasteiger partial charge >= 0.3 is 12.4 Å². The number of rotatable bonds is 4. The molecule has 0 aliphatic carbocycles. The van der Waals surface area contributed by atoms with Gasteiger partial charge in [0.1, 0.15) is 33.8 Å². The molecule has 2 atom stereocenters. The number of ether oxygens (including phenoxy) is 2. The van der Waals surface area contributed by atoms with Gasteiger partial charge in [0.05, 0.1) is 11.4 Å². The van der Waals surface area contributed by atoms with Crippen molar-refractivity contribution in [2.75, 3.05) is 0 Å². The van der Waals surface area contributed by atoms with Gasteiger partial charge in [0.25, 0.3) is 0 Å². The first-order chi connectivity index (χ1) is 23.0. The van der Waals surface area contributed by atoms with Gasteiger partial charge in [-0.1, -0.05) is 60.7 Å². The number of fused-ring (bicyclic) bond motifs is 4. The molecule has 0 N–H and O–H groups in total. The summed E-state index contributed by atoms with van der Waals surface area (Å²) < 4.78 is 108. The number of isocyanates is 2. The van der Waals surface area contributed by atoms with Crippen LogP contribution in [0.5, 0.6) is 23.0 Å². The number of halogens is 6. The summed E-state index contributed by atoms with van der Waals surface area (Å²) in [4.78, 5) is 29.2. The quantitative estimate of drug-likeness (QED) is 0.110. The summed E-state index contributed by atoms with van der Waals surface area (Å²) in [6.07, 6.45) is -7.77. The fraction of sp³-hybridized carbons (Fsp3) is 0.111. The lowest BCUT2D eigenvalue weighted by Crippen LogP contribution is -2.48.